The van der Waals surface area contributed by atoms with Crippen LogP contribution in [-0.4, -0.2) is 36.5 Å². The molecule has 1 fully saturated rings. The quantitative estimate of drug-likeness (QED) is 0.635. The molecular weight excluding hydrogens is 419 g/mol. The van der Waals surface area contributed by atoms with Gasteiger partial charge < -0.3 is 11.1 Å². The molecule has 0 radical (unpaired) electrons. The van der Waals surface area contributed by atoms with Crippen molar-refractivity contribution in [2.24, 2.45) is 12.8 Å². The van der Waals surface area contributed by atoms with Crippen LogP contribution in [0.5, 0.6) is 0 Å². The van der Waals surface area contributed by atoms with Gasteiger partial charge in [-0.3, -0.25) is 13.9 Å². The molecule has 1 unspecified atom stereocenters. The van der Waals surface area contributed by atoms with Crippen LogP contribution >= 0.6 is 11.8 Å². The number of primary amides is 1. The van der Waals surface area contributed by atoms with Crippen molar-refractivity contribution in [3.63, 3.8) is 0 Å². The molecule has 3 N–H and O–H groups in total. The molecule has 0 spiro atoms. The minimum absolute atomic E-state index is 0.0954. The highest BCUT2D eigenvalue weighted by Crippen LogP contribution is 2.29. The molecule has 4 rings (SSSR count). The fraction of sp³-hybridized carbons (Fsp3) is 0.429. The maximum absolute atomic E-state index is 14.1. The lowest BCUT2D eigenvalue weighted by molar-refractivity contribution is 0.0996. The van der Waals surface area contributed by atoms with Crippen molar-refractivity contribution in [2.45, 2.75) is 39.7 Å². The highest BCUT2D eigenvalue weighted by molar-refractivity contribution is 7.99. The Morgan fingerprint density at radius 1 is 1.39 bits per heavy atom. The summed E-state index contributed by atoms with van der Waals surface area (Å²) in [5.74, 6) is 0.569. The zero-order valence-corrected chi connectivity index (χ0v) is 18.9. The topological polar surface area (TPSA) is 108 Å². The van der Waals surface area contributed by atoms with E-state index in [4.69, 9.17) is 5.73 Å². The van der Waals surface area contributed by atoms with Crippen molar-refractivity contribution in [3.8, 4) is 0 Å². The van der Waals surface area contributed by atoms with E-state index in [0.29, 0.717) is 22.4 Å². The monoisotopic (exact) mass is 446 g/mol. The predicted molar refractivity (Wildman–Crippen MR) is 123 cm³/mol. The van der Waals surface area contributed by atoms with Crippen molar-refractivity contribution in [2.75, 3.05) is 16.8 Å². The van der Waals surface area contributed by atoms with E-state index in [1.54, 1.807) is 24.7 Å². The van der Waals surface area contributed by atoms with E-state index >= 15 is 0 Å². The molecular formula is C21H27FN6O2S. The van der Waals surface area contributed by atoms with Crippen LogP contribution < -0.4 is 16.7 Å². The normalized spacial score (nSPS) is 15.6. The van der Waals surface area contributed by atoms with E-state index < -0.39 is 11.7 Å². The first kappa shape index (κ1) is 22.8. The van der Waals surface area contributed by atoms with E-state index in [1.165, 1.54) is 23.1 Å². The van der Waals surface area contributed by atoms with Crippen LogP contribution in [0.1, 0.15) is 48.7 Å². The molecule has 166 valence electrons. The van der Waals surface area contributed by atoms with Gasteiger partial charge in [0.2, 0.25) is 5.95 Å². The van der Waals surface area contributed by atoms with Crippen LogP contribution in [0.2, 0.25) is 0 Å². The number of imidazole rings is 1. The molecule has 1 aliphatic rings. The molecule has 1 aliphatic heterocycles. The number of halogens is 1. The van der Waals surface area contributed by atoms with Gasteiger partial charge in [-0.05, 0) is 36.8 Å². The zero-order chi connectivity index (χ0) is 22.7. The Kier molecular flexibility index (Phi) is 6.99. The summed E-state index contributed by atoms with van der Waals surface area (Å²) in [7, 11) is 1.70. The van der Waals surface area contributed by atoms with Gasteiger partial charge in [0.05, 0.1) is 17.8 Å². The number of carbonyl (C=O) groups is 1. The van der Waals surface area contributed by atoms with Crippen LogP contribution in [0.3, 0.4) is 0 Å². The molecule has 8 nitrogen and oxygen atoms in total. The number of nitrogens with two attached hydrogens (primary N) is 1. The lowest BCUT2D eigenvalue weighted by atomic mass is 10.1. The SMILES string of the molecule is CCC.Cc1cc(C(N)=O)c(F)cc1Nc1ncc2c(n1)n(C1CCSC1)c(=O)n2C. The van der Waals surface area contributed by atoms with Gasteiger partial charge in [0.15, 0.2) is 5.65 Å². The Balaban J connectivity index is 0.000000858. The Morgan fingerprint density at radius 2 is 2.10 bits per heavy atom. The Bertz CT molecular complexity index is 1170. The van der Waals surface area contributed by atoms with Crippen molar-refractivity contribution < 1.29 is 9.18 Å². The standard InChI is InChI=1S/C18H19FN6O2S.C3H8/c1-9-5-11(15(20)26)12(19)6-13(9)22-17-21-7-14-16(23-17)25(18(27)24(14)2)10-3-4-28-8-10;1-3-2/h5-7,10H,3-4,8H2,1-2H3,(H2,20,26)(H,21,22,23);3H2,1-2H3. The minimum Gasteiger partial charge on any atom is -0.366 e. The predicted octanol–water partition coefficient (Wildman–Crippen LogP) is 3.51. The maximum Gasteiger partial charge on any atom is 0.330 e. The molecule has 1 saturated heterocycles. The summed E-state index contributed by atoms with van der Waals surface area (Å²) in [6.45, 7) is 5.97. The molecule has 1 aromatic carbocycles. The fourth-order valence-corrected chi connectivity index (χ4v) is 4.57. The third kappa shape index (κ3) is 4.58. The molecule has 1 atom stereocenters. The van der Waals surface area contributed by atoms with Crippen LogP contribution in [0.15, 0.2) is 23.1 Å². The van der Waals surface area contributed by atoms with Gasteiger partial charge in [-0.25, -0.2) is 14.2 Å². The number of rotatable bonds is 4. The van der Waals surface area contributed by atoms with E-state index in [0.717, 1.165) is 17.9 Å². The first-order valence-corrected chi connectivity index (χ1v) is 11.3. The fourth-order valence-electron chi connectivity index (χ4n) is 3.38. The number of hydrogen-bond acceptors (Lipinski definition) is 6. The lowest BCUT2D eigenvalue weighted by Gasteiger charge is -2.12. The van der Waals surface area contributed by atoms with Gasteiger partial charge >= 0.3 is 5.69 Å². The second-order valence-electron chi connectivity index (χ2n) is 7.47. The third-order valence-electron chi connectivity index (χ3n) is 4.93. The molecule has 2 aromatic heterocycles. The number of amides is 1. The number of nitrogens with zero attached hydrogens (tertiary/aromatic N) is 4. The maximum atomic E-state index is 14.1. The second kappa shape index (κ2) is 9.51. The molecule has 3 aromatic rings. The van der Waals surface area contributed by atoms with Gasteiger partial charge in [-0.15, -0.1) is 0 Å². The molecule has 31 heavy (non-hydrogen) atoms. The van der Waals surface area contributed by atoms with Gasteiger partial charge in [0, 0.05) is 18.5 Å². The Labute approximate surface area is 184 Å². The van der Waals surface area contributed by atoms with Crippen molar-refractivity contribution >= 4 is 40.5 Å². The van der Waals surface area contributed by atoms with Crippen LogP contribution in [0.4, 0.5) is 16.0 Å². The van der Waals surface area contributed by atoms with Gasteiger partial charge in [-0.1, -0.05) is 20.3 Å². The van der Waals surface area contributed by atoms with Crippen LogP contribution in [0, 0.1) is 12.7 Å². The van der Waals surface area contributed by atoms with Crippen LogP contribution in [-0.2, 0) is 7.05 Å². The first-order valence-electron chi connectivity index (χ1n) is 10.2. The number of hydrogen-bond donors (Lipinski definition) is 2. The Hall–Kier alpha value is -2.88. The summed E-state index contributed by atoms with van der Waals surface area (Å²) in [6, 6.07) is 2.67. The summed E-state index contributed by atoms with van der Waals surface area (Å²) in [4.78, 5) is 32.7. The smallest absolute Gasteiger partial charge is 0.330 e. The summed E-state index contributed by atoms with van der Waals surface area (Å²) in [5.41, 5.74) is 7.11. The molecule has 0 bridgehead atoms. The number of thioether (sulfide) groups is 1. The van der Waals surface area contributed by atoms with Gasteiger partial charge in [0.25, 0.3) is 5.91 Å². The van der Waals surface area contributed by atoms with E-state index in [2.05, 4.69) is 29.1 Å². The van der Waals surface area contributed by atoms with E-state index in [-0.39, 0.29) is 23.2 Å². The number of benzene rings is 1. The summed E-state index contributed by atoms with van der Waals surface area (Å²) in [5, 5.41) is 2.97. The number of nitrogens with one attached hydrogen (secondary N) is 1. The highest BCUT2D eigenvalue weighted by atomic mass is 32.2. The number of carbonyl (C=O) groups excluding carboxylic acids is 1. The third-order valence-corrected chi connectivity index (χ3v) is 6.07. The van der Waals surface area contributed by atoms with Crippen molar-refractivity contribution in [3.05, 3.63) is 45.8 Å². The summed E-state index contributed by atoms with van der Waals surface area (Å²) in [6.07, 6.45) is 3.74. The average Bonchev–Trinajstić information content (AvgIpc) is 3.32. The molecule has 1 amide bonds. The van der Waals surface area contributed by atoms with Crippen molar-refractivity contribution in [1.82, 2.24) is 19.1 Å². The second-order valence-corrected chi connectivity index (χ2v) is 8.62. The highest BCUT2D eigenvalue weighted by Gasteiger charge is 2.24. The molecule has 0 aliphatic carbocycles. The first-order chi connectivity index (χ1) is 14.8. The minimum atomic E-state index is -0.826. The van der Waals surface area contributed by atoms with E-state index in [1.807, 2.05) is 11.8 Å². The zero-order valence-electron chi connectivity index (χ0n) is 18.1. The van der Waals surface area contributed by atoms with Crippen molar-refractivity contribution in [1.29, 1.82) is 0 Å². The van der Waals surface area contributed by atoms with Gasteiger partial charge in [-0.2, -0.15) is 16.7 Å². The number of fused-ring (bicyclic) bond motifs is 1. The summed E-state index contributed by atoms with van der Waals surface area (Å²) < 4.78 is 17.4. The summed E-state index contributed by atoms with van der Waals surface area (Å²) >= 11 is 1.81. The molecule has 10 heteroatoms. The Morgan fingerprint density at radius 3 is 2.71 bits per heavy atom. The molecule has 0 saturated carbocycles. The van der Waals surface area contributed by atoms with Gasteiger partial charge in [0.1, 0.15) is 11.3 Å². The van der Waals surface area contributed by atoms with Crippen LogP contribution in [0.25, 0.3) is 11.2 Å². The largest absolute Gasteiger partial charge is 0.366 e. The average molecular weight is 447 g/mol. The van der Waals surface area contributed by atoms with E-state index in [9.17, 15) is 14.0 Å². The lowest BCUT2D eigenvalue weighted by Crippen LogP contribution is -2.26. The number of aryl methyl sites for hydroxylation is 2. The number of anilines is 2. The number of aromatic nitrogens is 4. The molecule has 3 heterocycles.